The Balaban J connectivity index is 2.09. The lowest BCUT2D eigenvalue weighted by atomic mass is 9.95. The van der Waals surface area contributed by atoms with E-state index in [-0.39, 0.29) is 12.1 Å². The van der Waals surface area contributed by atoms with Gasteiger partial charge >= 0.3 is 5.97 Å². The van der Waals surface area contributed by atoms with Crippen molar-refractivity contribution in [1.29, 1.82) is 0 Å². The molecule has 3 nitrogen and oxygen atoms in total. The van der Waals surface area contributed by atoms with Gasteiger partial charge in [-0.1, -0.05) is 30.3 Å². The highest BCUT2D eigenvalue weighted by Crippen LogP contribution is 2.41. The number of aryl methyl sites for hydroxylation is 1. The predicted octanol–water partition coefficient (Wildman–Crippen LogP) is 3.66. The van der Waals surface area contributed by atoms with E-state index >= 15 is 0 Å². The summed E-state index contributed by atoms with van der Waals surface area (Å²) < 4.78 is 10.8. The minimum Gasteiger partial charge on any atom is -0.469 e. The molecule has 0 saturated heterocycles. The molecule has 2 aromatic rings. The first kappa shape index (κ1) is 11.8. The van der Waals surface area contributed by atoms with Gasteiger partial charge in [-0.15, -0.1) is 0 Å². The molecule has 0 radical (unpaired) electrons. The first-order valence-corrected chi connectivity index (χ1v) is 6.19. The summed E-state index contributed by atoms with van der Waals surface area (Å²) in [7, 11) is 0. The number of carbonyl (C=O) groups excluding carboxylic acids is 1. The van der Waals surface area contributed by atoms with Gasteiger partial charge in [0, 0.05) is 16.7 Å². The fourth-order valence-corrected chi connectivity index (χ4v) is 2.38. The molecule has 3 rings (SSSR count). The largest absolute Gasteiger partial charge is 0.469 e. The number of cyclic esters (lactones) is 1. The molecule has 0 amide bonds. The molecular formula is C16H14O3. The van der Waals surface area contributed by atoms with Crippen molar-refractivity contribution in [3.05, 3.63) is 65.1 Å². The molecule has 2 heterocycles. The third-order valence-corrected chi connectivity index (χ3v) is 3.34. The molecule has 96 valence electrons. The van der Waals surface area contributed by atoms with Crippen molar-refractivity contribution < 1.29 is 13.9 Å². The van der Waals surface area contributed by atoms with E-state index in [1.54, 1.807) is 13.2 Å². The Bertz CT molecular complexity index is 650. The monoisotopic (exact) mass is 254 g/mol. The standard InChI is InChI=1S/C16H14O3/c1-10-8-13(9-18-10)14-11(2)16(17)19-15(14)12-6-4-3-5-7-12/h3-9,15H,1-2H3/t15-/m1/s1. The fourth-order valence-electron chi connectivity index (χ4n) is 2.38. The number of ether oxygens (including phenoxy) is 1. The Morgan fingerprint density at radius 3 is 2.47 bits per heavy atom. The van der Waals surface area contributed by atoms with Crippen LogP contribution in [0.2, 0.25) is 0 Å². The third-order valence-electron chi connectivity index (χ3n) is 3.34. The highest BCUT2D eigenvalue weighted by Gasteiger charge is 2.34. The Morgan fingerprint density at radius 1 is 1.11 bits per heavy atom. The maximum absolute atomic E-state index is 11.8. The Hall–Kier alpha value is -2.29. The zero-order chi connectivity index (χ0) is 13.4. The van der Waals surface area contributed by atoms with Crippen molar-refractivity contribution in [3.63, 3.8) is 0 Å². The molecule has 0 unspecified atom stereocenters. The maximum Gasteiger partial charge on any atom is 0.335 e. The van der Waals surface area contributed by atoms with Crippen LogP contribution in [0.15, 0.2) is 52.7 Å². The number of carbonyl (C=O) groups is 1. The first-order chi connectivity index (χ1) is 9.16. The number of esters is 1. The van der Waals surface area contributed by atoms with Crippen LogP contribution < -0.4 is 0 Å². The van der Waals surface area contributed by atoms with Crippen LogP contribution in [0, 0.1) is 6.92 Å². The maximum atomic E-state index is 11.8. The minimum absolute atomic E-state index is 0.261. The fraction of sp³-hybridized carbons (Fsp3) is 0.188. The lowest BCUT2D eigenvalue weighted by Crippen LogP contribution is -2.02. The SMILES string of the molecule is CC1=C(c2coc(C)c2)[C@@H](c2ccccc2)OC1=O. The van der Waals surface area contributed by atoms with Gasteiger partial charge in [0.05, 0.1) is 6.26 Å². The van der Waals surface area contributed by atoms with Gasteiger partial charge in [0.2, 0.25) is 0 Å². The minimum atomic E-state index is -0.342. The Kier molecular flexibility index (Phi) is 2.75. The van der Waals surface area contributed by atoms with Gasteiger partial charge in [-0.2, -0.15) is 0 Å². The molecule has 19 heavy (non-hydrogen) atoms. The third kappa shape index (κ3) is 1.97. The molecule has 0 saturated carbocycles. The van der Waals surface area contributed by atoms with E-state index in [4.69, 9.17) is 9.15 Å². The van der Waals surface area contributed by atoms with Crippen molar-refractivity contribution in [2.24, 2.45) is 0 Å². The summed E-state index contributed by atoms with van der Waals surface area (Å²) in [5.74, 6) is 0.559. The summed E-state index contributed by atoms with van der Waals surface area (Å²) >= 11 is 0. The second-order valence-corrected chi connectivity index (χ2v) is 4.68. The van der Waals surface area contributed by atoms with Gasteiger partial charge in [-0.3, -0.25) is 0 Å². The van der Waals surface area contributed by atoms with Gasteiger partial charge in [-0.05, 0) is 25.5 Å². The molecule has 1 aromatic carbocycles. The number of rotatable bonds is 2. The summed E-state index contributed by atoms with van der Waals surface area (Å²) in [4.78, 5) is 11.8. The van der Waals surface area contributed by atoms with Crippen LogP contribution in [0.25, 0.3) is 5.57 Å². The molecule has 1 aliphatic rings. The highest BCUT2D eigenvalue weighted by atomic mass is 16.5. The number of benzene rings is 1. The second kappa shape index (κ2) is 4.43. The molecule has 1 atom stereocenters. The molecule has 1 aliphatic heterocycles. The normalized spacial score (nSPS) is 18.8. The molecule has 3 heteroatoms. The van der Waals surface area contributed by atoms with Crippen LogP contribution in [0.4, 0.5) is 0 Å². The van der Waals surface area contributed by atoms with E-state index < -0.39 is 0 Å². The first-order valence-electron chi connectivity index (χ1n) is 6.19. The summed E-state index contributed by atoms with van der Waals surface area (Å²) in [6.07, 6.45) is 1.33. The summed E-state index contributed by atoms with van der Waals surface area (Å²) in [5.41, 5.74) is 3.43. The van der Waals surface area contributed by atoms with E-state index in [2.05, 4.69) is 0 Å². The Morgan fingerprint density at radius 2 is 1.84 bits per heavy atom. The molecular weight excluding hydrogens is 240 g/mol. The highest BCUT2D eigenvalue weighted by molar-refractivity contribution is 6.02. The molecule has 0 aliphatic carbocycles. The number of hydrogen-bond donors (Lipinski definition) is 0. The van der Waals surface area contributed by atoms with Crippen molar-refractivity contribution in [2.45, 2.75) is 20.0 Å². The zero-order valence-corrected chi connectivity index (χ0v) is 10.8. The van der Waals surface area contributed by atoms with Gasteiger partial charge in [0.15, 0.2) is 6.10 Å². The van der Waals surface area contributed by atoms with Crippen LogP contribution in [-0.2, 0) is 9.53 Å². The van der Waals surface area contributed by atoms with Gasteiger partial charge in [0.1, 0.15) is 5.76 Å². The summed E-state index contributed by atoms with van der Waals surface area (Å²) in [5, 5.41) is 0. The second-order valence-electron chi connectivity index (χ2n) is 4.68. The average molecular weight is 254 g/mol. The molecule has 0 spiro atoms. The average Bonchev–Trinajstić information content (AvgIpc) is 2.96. The van der Waals surface area contributed by atoms with Gasteiger partial charge < -0.3 is 9.15 Å². The molecule has 0 fully saturated rings. The Labute approximate surface area is 111 Å². The van der Waals surface area contributed by atoms with E-state index in [0.29, 0.717) is 5.57 Å². The van der Waals surface area contributed by atoms with Gasteiger partial charge in [0.25, 0.3) is 0 Å². The van der Waals surface area contributed by atoms with Gasteiger partial charge in [-0.25, -0.2) is 4.79 Å². The van der Waals surface area contributed by atoms with Crippen LogP contribution in [0.1, 0.15) is 29.9 Å². The predicted molar refractivity (Wildman–Crippen MR) is 71.3 cm³/mol. The number of hydrogen-bond acceptors (Lipinski definition) is 3. The van der Waals surface area contributed by atoms with Crippen molar-refractivity contribution in [1.82, 2.24) is 0 Å². The summed E-state index contributed by atoms with van der Waals surface area (Å²) in [6, 6.07) is 11.7. The molecule has 0 bridgehead atoms. The molecule has 1 aromatic heterocycles. The summed E-state index contributed by atoms with van der Waals surface area (Å²) in [6.45, 7) is 3.68. The zero-order valence-electron chi connectivity index (χ0n) is 10.8. The lowest BCUT2D eigenvalue weighted by Gasteiger charge is -2.13. The lowest BCUT2D eigenvalue weighted by molar-refractivity contribution is -0.139. The van der Waals surface area contributed by atoms with Crippen LogP contribution in [0.5, 0.6) is 0 Å². The quantitative estimate of drug-likeness (QED) is 0.768. The van der Waals surface area contributed by atoms with Crippen LogP contribution in [0.3, 0.4) is 0 Å². The van der Waals surface area contributed by atoms with Crippen LogP contribution >= 0.6 is 0 Å². The molecule has 0 N–H and O–H groups in total. The van der Waals surface area contributed by atoms with Crippen molar-refractivity contribution >= 4 is 11.5 Å². The van der Waals surface area contributed by atoms with E-state index in [9.17, 15) is 4.79 Å². The number of furan rings is 1. The van der Waals surface area contributed by atoms with E-state index in [0.717, 1.165) is 22.5 Å². The van der Waals surface area contributed by atoms with Crippen molar-refractivity contribution in [2.75, 3.05) is 0 Å². The topological polar surface area (TPSA) is 39.4 Å². The van der Waals surface area contributed by atoms with Crippen molar-refractivity contribution in [3.8, 4) is 0 Å². The van der Waals surface area contributed by atoms with Crippen LogP contribution in [-0.4, -0.2) is 5.97 Å². The van der Waals surface area contributed by atoms with E-state index in [1.807, 2.05) is 43.3 Å². The van der Waals surface area contributed by atoms with E-state index in [1.165, 1.54) is 0 Å². The smallest absolute Gasteiger partial charge is 0.335 e.